The summed E-state index contributed by atoms with van der Waals surface area (Å²) in [6.07, 6.45) is -9.02. The highest BCUT2D eigenvalue weighted by Crippen LogP contribution is 2.76. The highest BCUT2D eigenvalue weighted by atomic mass is 16.8. The van der Waals surface area contributed by atoms with Crippen LogP contribution in [0, 0.1) is 50.2 Å². The Balaban J connectivity index is 1.13. The van der Waals surface area contributed by atoms with Crippen molar-refractivity contribution in [1.82, 2.24) is 0 Å². The fourth-order valence-corrected chi connectivity index (χ4v) is 14.4. The predicted molar refractivity (Wildman–Crippen MR) is 235 cm³/mol. The smallest absolute Gasteiger partial charge is 0.363 e. The summed E-state index contributed by atoms with van der Waals surface area (Å²) in [5, 5.41) is 64.6. The molecule has 6 fully saturated rings. The molecule has 4 saturated carbocycles. The van der Waals surface area contributed by atoms with E-state index in [-0.39, 0.29) is 39.4 Å². The van der Waals surface area contributed by atoms with Crippen LogP contribution in [0.2, 0.25) is 0 Å². The first-order valence-electron chi connectivity index (χ1n) is 24.2. The van der Waals surface area contributed by atoms with Crippen molar-refractivity contribution in [3.8, 4) is 0 Å². The van der Waals surface area contributed by atoms with Gasteiger partial charge in [-0.15, -0.1) is 0 Å². The van der Waals surface area contributed by atoms with Gasteiger partial charge < -0.3 is 73.3 Å². The number of allylic oxidation sites excluding steroid dienone is 2. The molecule has 7 aliphatic rings. The van der Waals surface area contributed by atoms with E-state index in [1.165, 1.54) is 5.57 Å². The third-order valence-electron chi connectivity index (χ3n) is 18.6. The first-order valence-corrected chi connectivity index (χ1v) is 24.2. The fraction of sp³-hybridized carbons (Fsp3) is 0.878. The maximum atomic E-state index is 14.7. The lowest BCUT2D eigenvalue weighted by molar-refractivity contribution is -0.340. The Bertz CT molecular complexity index is 1920. The molecule has 0 spiro atoms. The molecule has 0 amide bonds. The van der Waals surface area contributed by atoms with Crippen LogP contribution in [0.3, 0.4) is 0 Å². The zero-order chi connectivity index (χ0) is 50.1. The summed E-state index contributed by atoms with van der Waals surface area (Å²) in [4.78, 5) is 52.2. The molecule has 5 aliphatic carbocycles. The molecule has 0 aromatic carbocycles. The van der Waals surface area contributed by atoms with Crippen molar-refractivity contribution >= 4 is 23.9 Å². The van der Waals surface area contributed by atoms with E-state index in [1.54, 1.807) is 0 Å². The van der Waals surface area contributed by atoms with Gasteiger partial charge in [-0.05, 0) is 109 Å². The molecule has 2 aliphatic heterocycles. The van der Waals surface area contributed by atoms with E-state index in [9.17, 15) is 49.8 Å². The Hall–Kier alpha value is -2.82. The Labute approximate surface area is 398 Å². The minimum Gasteiger partial charge on any atom is -0.467 e. The van der Waals surface area contributed by atoms with Crippen LogP contribution < -0.4 is 0 Å². The molecule has 0 aromatic heterocycles. The zero-order valence-electron chi connectivity index (χ0n) is 41.2. The van der Waals surface area contributed by atoms with E-state index >= 15 is 0 Å². The summed E-state index contributed by atoms with van der Waals surface area (Å²) >= 11 is 0. The van der Waals surface area contributed by atoms with Crippen LogP contribution in [-0.2, 0) is 61.8 Å². The molecule has 2 saturated heterocycles. The average Bonchev–Trinajstić information content (AvgIpc) is 3.29. The van der Waals surface area contributed by atoms with E-state index in [0.717, 1.165) is 66.3 Å². The van der Waals surface area contributed by atoms with E-state index in [1.807, 2.05) is 0 Å². The van der Waals surface area contributed by atoms with Crippen molar-refractivity contribution in [2.75, 3.05) is 34.5 Å². The maximum absolute atomic E-state index is 14.7. The number of carbonyl (C=O) groups excluding carboxylic acids is 4. The minimum atomic E-state index is -1.91. The van der Waals surface area contributed by atoms with Gasteiger partial charge in [-0.2, -0.15) is 0 Å². The topological polar surface area (TPSA) is 273 Å². The Morgan fingerprint density at radius 2 is 1.44 bits per heavy atom. The minimum absolute atomic E-state index is 0.0709. The highest BCUT2D eigenvalue weighted by molar-refractivity contribution is 5.79. The molecule has 0 aromatic rings. The number of carbonyl (C=O) groups is 4. The molecular weight excluding hydrogens is 893 g/mol. The quantitative estimate of drug-likeness (QED) is 0.0538. The molecule has 0 bridgehead atoms. The van der Waals surface area contributed by atoms with Crippen molar-refractivity contribution in [2.24, 2.45) is 50.2 Å². The lowest BCUT2D eigenvalue weighted by Gasteiger charge is -2.71. The highest BCUT2D eigenvalue weighted by Gasteiger charge is 2.70. The number of aliphatic hydroxyl groups is 6. The van der Waals surface area contributed by atoms with Crippen LogP contribution in [-0.4, -0.2) is 163 Å². The zero-order valence-corrected chi connectivity index (χ0v) is 41.2. The second-order valence-corrected chi connectivity index (χ2v) is 22.7. The standard InChI is InChI=1S/C49H76O19/c1-44(2)17-19-49(43(59)68-40-33(54)32(53)31(52)26(22-50)64-40)20-18-47(6)24(25(49)21-44)11-12-28-46(5)15-14-29(45(3,4)27(46)13-16-48(28,47)7)65-41-35(56)36(34(55)37(67-41)38(57)61-9)66-42(39(58)62-10)63-23-30(51)60-8/h11,25-29,31-37,40-42,50,52-56H,12-23H2,1-10H3. The fourth-order valence-electron chi connectivity index (χ4n) is 14.4. The maximum Gasteiger partial charge on any atom is 0.363 e. The van der Waals surface area contributed by atoms with Crippen LogP contribution in [0.4, 0.5) is 0 Å². The van der Waals surface area contributed by atoms with Gasteiger partial charge in [0.2, 0.25) is 6.29 Å². The number of methoxy groups -OCH3 is 3. The number of aliphatic hydroxyl groups excluding tert-OH is 6. The van der Waals surface area contributed by atoms with Gasteiger partial charge in [0.25, 0.3) is 6.29 Å². The molecule has 19 heteroatoms. The number of fused-ring (bicyclic) bond motifs is 7. The lowest BCUT2D eigenvalue weighted by atomic mass is 9.33. The molecule has 19 atom stereocenters. The summed E-state index contributed by atoms with van der Waals surface area (Å²) < 4.78 is 49.6. The summed E-state index contributed by atoms with van der Waals surface area (Å²) in [5.41, 5.74) is -0.868. The number of hydrogen-bond acceptors (Lipinski definition) is 19. The lowest BCUT2D eigenvalue weighted by Crippen LogP contribution is -2.66. The number of ether oxygens (including phenoxy) is 9. The van der Waals surface area contributed by atoms with Crippen molar-refractivity contribution in [2.45, 2.75) is 186 Å². The summed E-state index contributed by atoms with van der Waals surface area (Å²) in [7, 11) is 3.29. The first kappa shape index (κ1) is 53.0. The molecule has 68 heavy (non-hydrogen) atoms. The van der Waals surface area contributed by atoms with Crippen molar-refractivity contribution < 1.29 is 92.4 Å². The molecule has 19 unspecified atom stereocenters. The molecule has 6 N–H and O–H groups in total. The van der Waals surface area contributed by atoms with Gasteiger partial charge in [0.15, 0.2) is 12.4 Å². The molecule has 386 valence electrons. The number of hydrogen-bond donors (Lipinski definition) is 6. The first-order chi connectivity index (χ1) is 31.8. The van der Waals surface area contributed by atoms with Gasteiger partial charge in [-0.25, -0.2) is 14.4 Å². The monoisotopic (exact) mass is 968 g/mol. The predicted octanol–water partition coefficient (Wildman–Crippen LogP) is 2.21. The van der Waals surface area contributed by atoms with E-state index < -0.39 is 122 Å². The van der Waals surface area contributed by atoms with Crippen molar-refractivity contribution in [1.29, 1.82) is 0 Å². The number of rotatable bonds is 12. The van der Waals surface area contributed by atoms with Gasteiger partial charge in [0.05, 0.1) is 39.5 Å². The van der Waals surface area contributed by atoms with E-state index in [0.29, 0.717) is 19.3 Å². The van der Waals surface area contributed by atoms with Crippen LogP contribution in [0.15, 0.2) is 11.6 Å². The normalized spacial score (nSPS) is 45.4. The van der Waals surface area contributed by atoms with E-state index in [2.05, 4.69) is 59.3 Å². The molecule has 2 heterocycles. The van der Waals surface area contributed by atoms with Gasteiger partial charge >= 0.3 is 23.9 Å². The van der Waals surface area contributed by atoms with Gasteiger partial charge in [-0.3, -0.25) is 4.79 Å². The van der Waals surface area contributed by atoms with Crippen LogP contribution in [0.5, 0.6) is 0 Å². The molecular formula is C49H76O19. The van der Waals surface area contributed by atoms with Crippen molar-refractivity contribution in [3.05, 3.63) is 11.6 Å². The average molecular weight is 969 g/mol. The Morgan fingerprint density at radius 3 is 2.09 bits per heavy atom. The Kier molecular flexibility index (Phi) is 15.0. The van der Waals surface area contributed by atoms with Crippen LogP contribution in [0.25, 0.3) is 0 Å². The number of esters is 4. The SMILES string of the molecule is COC(=O)COC(OC1C(O)C(OC2CCC3(C)C(CCC4(C)C3CC=C3C5CC(C)(C)CCC5(C(=O)OC5OC(CO)C(O)C(O)C5O)CCC34C)C2(C)C)OC(C(=O)OC)C1O)C(=O)OC. The van der Waals surface area contributed by atoms with Gasteiger partial charge in [0, 0.05) is 0 Å². The third-order valence-corrected chi connectivity index (χ3v) is 18.6. The van der Waals surface area contributed by atoms with Crippen LogP contribution >= 0.6 is 0 Å². The van der Waals surface area contributed by atoms with Gasteiger partial charge in [0.1, 0.15) is 49.3 Å². The second-order valence-electron chi connectivity index (χ2n) is 22.7. The third kappa shape index (κ3) is 8.74. The Morgan fingerprint density at radius 1 is 0.750 bits per heavy atom. The largest absolute Gasteiger partial charge is 0.467 e. The molecule has 0 radical (unpaired) electrons. The summed E-state index contributed by atoms with van der Waals surface area (Å²) in [5.74, 6) is -3.18. The van der Waals surface area contributed by atoms with Crippen LogP contribution in [0.1, 0.15) is 113 Å². The van der Waals surface area contributed by atoms with Crippen molar-refractivity contribution in [3.63, 3.8) is 0 Å². The van der Waals surface area contributed by atoms with E-state index in [4.69, 9.17) is 37.9 Å². The summed E-state index contributed by atoms with van der Waals surface area (Å²) in [6.45, 7) is 14.6. The molecule has 19 nitrogen and oxygen atoms in total. The molecule has 7 rings (SSSR count). The second kappa shape index (κ2) is 19.3. The summed E-state index contributed by atoms with van der Waals surface area (Å²) in [6, 6.07) is 0. The van der Waals surface area contributed by atoms with Gasteiger partial charge in [-0.1, -0.05) is 60.1 Å².